The van der Waals surface area contributed by atoms with Gasteiger partial charge in [-0.2, -0.15) is 0 Å². The van der Waals surface area contributed by atoms with Crippen molar-refractivity contribution in [3.05, 3.63) is 42.0 Å². The zero-order valence-electron chi connectivity index (χ0n) is 12.4. The monoisotopic (exact) mass is 298 g/mol. The standard InChI is InChI=1S/C17H18N2O3/c1-2-14-16(21)18-7-8-19(14)17(22)12-9-11-5-3-4-6-13(11)15(20)10-12/h3-6,9-10,14,20H,2,7-8H2,1H3,(H,18,21). The van der Waals surface area contributed by atoms with Gasteiger partial charge in [0.1, 0.15) is 11.8 Å². The lowest BCUT2D eigenvalue weighted by Crippen LogP contribution is -2.56. The summed E-state index contributed by atoms with van der Waals surface area (Å²) in [6, 6.07) is 10.1. The molecule has 2 amide bonds. The Hall–Kier alpha value is -2.56. The molecule has 0 spiro atoms. The topological polar surface area (TPSA) is 69.6 Å². The van der Waals surface area contributed by atoms with Crippen molar-refractivity contribution >= 4 is 22.6 Å². The number of hydrogen-bond donors (Lipinski definition) is 2. The van der Waals surface area contributed by atoms with Gasteiger partial charge in [0.2, 0.25) is 5.91 Å². The first kappa shape index (κ1) is 14.4. The average Bonchev–Trinajstić information content (AvgIpc) is 2.54. The summed E-state index contributed by atoms with van der Waals surface area (Å²) in [7, 11) is 0. The van der Waals surface area contributed by atoms with Crippen LogP contribution in [0.4, 0.5) is 0 Å². The van der Waals surface area contributed by atoms with E-state index in [0.29, 0.717) is 30.5 Å². The minimum absolute atomic E-state index is 0.0796. The fourth-order valence-electron chi connectivity index (χ4n) is 2.94. The molecule has 2 aromatic carbocycles. The second kappa shape index (κ2) is 5.67. The molecule has 22 heavy (non-hydrogen) atoms. The third-order valence-corrected chi connectivity index (χ3v) is 4.07. The van der Waals surface area contributed by atoms with Crippen molar-refractivity contribution in [2.45, 2.75) is 19.4 Å². The number of phenolic OH excluding ortho intramolecular Hbond substituents is 1. The fourth-order valence-corrected chi connectivity index (χ4v) is 2.94. The SMILES string of the molecule is CCC1C(=O)NCCN1C(=O)c1cc(O)c2ccccc2c1. The first-order chi connectivity index (χ1) is 10.6. The summed E-state index contributed by atoms with van der Waals surface area (Å²) < 4.78 is 0. The lowest BCUT2D eigenvalue weighted by molar-refractivity contribution is -0.127. The zero-order valence-corrected chi connectivity index (χ0v) is 12.4. The van der Waals surface area contributed by atoms with Gasteiger partial charge in [0.25, 0.3) is 5.91 Å². The summed E-state index contributed by atoms with van der Waals surface area (Å²) >= 11 is 0. The van der Waals surface area contributed by atoms with Gasteiger partial charge in [-0.05, 0) is 23.9 Å². The number of nitrogens with one attached hydrogen (secondary N) is 1. The van der Waals surface area contributed by atoms with Crippen molar-refractivity contribution in [1.82, 2.24) is 10.2 Å². The highest BCUT2D eigenvalue weighted by Gasteiger charge is 2.32. The minimum atomic E-state index is -0.449. The molecule has 2 N–H and O–H groups in total. The van der Waals surface area contributed by atoms with E-state index in [-0.39, 0.29) is 17.6 Å². The summed E-state index contributed by atoms with van der Waals surface area (Å²) in [6.07, 6.45) is 0.567. The Labute approximate surface area is 128 Å². The molecule has 2 aromatic rings. The number of nitrogens with zero attached hydrogens (tertiary/aromatic N) is 1. The highest BCUT2D eigenvalue weighted by atomic mass is 16.3. The van der Waals surface area contributed by atoms with E-state index in [1.165, 1.54) is 6.07 Å². The van der Waals surface area contributed by atoms with Crippen LogP contribution in [0.15, 0.2) is 36.4 Å². The molecule has 1 aliphatic heterocycles. The Morgan fingerprint density at radius 1 is 1.36 bits per heavy atom. The van der Waals surface area contributed by atoms with Gasteiger partial charge in [0.05, 0.1) is 0 Å². The number of fused-ring (bicyclic) bond motifs is 1. The Morgan fingerprint density at radius 3 is 2.91 bits per heavy atom. The van der Waals surface area contributed by atoms with Crippen molar-refractivity contribution in [2.75, 3.05) is 13.1 Å². The van der Waals surface area contributed by atoms with Gasteiger partial charge >= 0.3 is 0 Å². The lowest BCUT2D eigenvalue weighted by Gasteiger charge is -2.34. The molecule has 114 valence electrons. The Balaban J connectivity index is 1.99. The average molecular weight is 298 g/mol. The summed E-state index contributed by atoms with van der Waals surface area (Å²) in [6.45, 7) is 2.82. The van der Waals surface area contributed by atoms with Crippen LogP contribution in [0.25, 0.3) is 10.8 Å². The van der Waals surface area contributed by atoms with Gasteiger partial charge in [0, 0.05) is 24.0 Å². The first-order valence-electron chi connectivity index (χ1n) is 7.42. The summed E-state index contributed by atoms with van der Waals surface area (Å²) in [5.74, 6) is -0.258. The molecular weight excluding hydrogens is 280 g/mol. The van der Waals surface area contributed by atoms with E-state index in [1.807, 2.05) is 31.2 Å². The maximum absolute atomic E-state index is 12.7. The van der Waals surface area contributed by atoms with Crippen LogP contribution in [0, 0.1) is 0 Å². The van der Waals surface area contributed by atoms with Crippen molar-refractivity contribution in [2.24, 2.45) is 0 Å². The molecule has 5 nitrogen and oxygen atoms in total. The van der Waals surface area contributed by atoms with Crippen LogP contribution in [0.2, 0.25) is 0 Å². The van der Waals surface area contributed by atoms with Gasteiger partial charge < -0.3 is 15.3 Å². The molecule has 0 aliphatic carbocycles. The molecular formula is C17H18N2O3. The number of amides is 2. The van der Waals surface area contributed by atoms with Crippen LogP contribution < -0.4 is 5.32 Å². The highest BCUT2D eigenvalue weighted by molar-refractivity contribution is 6.02. The lowest BCUT2D eigenvalue weighted by atomic mass is 10.0. The van der Waals surface area contributed by atoms with E-state index in [0.717, 1.165) is 5.39 Å². The normalized spacial score (nSPS) is 18.3. The van der Waals surface area contributed by atoms with Gasteiger partial charge in [0.15, 0.2) is 0 Å². The van der Waals surface area contributed by atoms with E-state index < -0.39 is 6.04 Å². The van der Waals surface area contributed by atoms with Crippen molar-refractivity contribution in [1.29, 1.82) is 0 Å². The van der Waals surface area contributed by atoms with Gasteiger partial charge in [-0.3, -0.25) is 9.59 Å². The number of piperazine rings is 1. The fraction of sp³-hybridized carbons (Fsp3) is 0.294. The number of carbonyl (C=O) groups excluding carboxylic acids is 2. The molecule has 0 saturated carbocycles. The van der Waals surface area contributed by atoms with Crippen molar-refractivity contribution in [3.63, 3.8) is 0 Å². The predicted octanol–water partition coefficient (Wildman–Crippen LogP) is 1.90. The third-order valence-electron chi connectivity index (χ3n) is 4.07. The Bertz CT molecular complexity index is 742. The number of phenols is 1. The smallest absolute Gasteiger partial charge is 0.254 e. The minimum Gasteiger partial charge on any atom is -0.507 e. The summed E-state index contributed by atoms with van der Waals surface area (Å²) in [4.78, 5) is 26.2. The van der Waals surface area contributed by atoms with Crippen molar-refractivity contribution < 1.29 is 14.7 Å². The maximum atomic E-state index is 12.7. The molecule has 1 heterocycles. The van der Waals surface area contributed by atoms with Crippen LogP contribution in [-0.4, -0.2) is 41.0 Å². The van der Waals surface area contributed by atoms with E-state index in [1.54, 1.807) is 11.0 Å². The van der Waals surface area contributed by atoms with Gasteiger partial charge in [-0.1, -0.05) is 31.2 Å². The quantitative estimate of drug-likeness (QED) is 0.889. The van der Waals surface area contributed by atoms with E-state index in [9.17, 15) is 14.7 Å². The first-order valence-corrected chi connectivity index (χ1v) is 7.42. The molecule has 1 fully saturated rings. The van der Waals surface area contributed by atoms with Crippen LogP contribution in [0.5, 0.6) is 5.75 Å². The van der Waals surface area contributed by atoms with Crippen LogP contribution in [0.3, 0.4) is 0 Å². The molecule has 0 radical (unpaired) electrons. The molecule has 1 saturated heterocycles. The zero-order chi connectivity index (χ0) is 15.7. The molecule has 1 unspecified atom stereocenters. The number of carbonyl (C=O) groups is 2. The molecule has 3 rings (SSSR count). The molecule has 0 aromatic heterocycles. The number of rotatable bonds is 2. The molecule has 1 atom stereocenters. The molecule has 0 bridgehead atoms. The third kappa shape index (κ3) is 2.39. The second-order valence-electron chi connectivity index (χ2n) is 5.43. The van der Waals surface area contributed by atoms with Gasteiger partial charge in [-0.15, -0.1) is 0 Å². The Kier molecular flexibility index (Phi) is 3.71. The predicted molar refractivity (Wildman–Crippen MR) is 83.7 cm³/mol. The molecule has 1 aliphatic rings. The number of aromatic hydroxyl groups is 1. The summed E-state index contributed by atoms with van der Waals surface area (Å²) in [5.41, 5.74) is 0.407. The van der Waals surface area contributed by atoms with Crippen LogP contribution in [-0.2, 0) is 4.79 Å². The molecule has 5 heteroatoms. The maximum Gasteiger partial charge on any atom is 0.254 e. The van der Waals surface area contributed by atoms with E-state index in [2.05, 4.69) is 5.32 Å². The largest absolute Gasteiger partial charge is 0.507 e. The highest BCUT2D eigenvalue weighted by Crippen LogP contribution is 2.27. The van der Waals surface area contributed by atoms with Gasteiger partial charge in [-0.25, -0.2) is 0 Å². The number of hydrogen-bond acceptors (Lipinski definition) is 3. The summed E-state index contributed by atoms with van der Waals surface area (Å²) in [5, 5.41) is 14.4. The van der Waals surface area contributed by atoms with Crippen LogP contribution >= 0.6 is 0 Å². The van der Waals surface area contributed by atoms with Crippen LogP contribution in [0.1, 0.15) is 23.7 Å². The number of benzene rings is 2. The second-order valence-corrected chi connectivity index (χ2v) is 5.43. The Morgan fingerprint density at radius 2 is 2.14 bits per heavy atom. The van der Waals surface area contributed by atoms with E-state index >= 15 is 0 Å². The van der Waals surface area contributed by atoms with E-state index in [4.69, 9.17) is 0 Å². The van der Waals surface area contributed by atoms with Crippen molar-refractivity contribution in [3.8, 4) is 5.75 Å².